The zero-order valence-electron chi connectivity index (χ0n) is 16.5. The van der Waals surface area contributed by atoms with E-state index >= 15 is 0 Å². The predicted octanol–water partition coefficient (Wildman–Crippen LogP) is 3.62. The number of carbonyl (C=O) groups excluding carboxylic acids is 1. The molecule has 31 heavy (non-hydrogen) atoms. The van der Waals surface area contributed by atoms with Crippen molar-refractivity contribution in [2.45, 2.75) is 18.2 Å². The van der Waals surface area contributed by atoms with Crippen LogP contribution in [0.3, 0.4) is 0 Å². The molecule has 0 saturated heterocycles. The first-order valence-corrected chi connectivity index (χ1v) is 11.7. The summed E-state index contributed by atoms with van der Waals surface area (Å²) in [4.78, 5) is 16.9. The van der Waals surface area contributed by atoms with Crippen molar-refractivity contribution in [3.05, 3.63) is 83.5 Å². The molecule has 0 unspecified atom stereocenters. The number of hydrogen-bond acceptors (Lipinski definition) is 6. The van der Waals surface area contributed by atoms with Gasteiger partial charge in [-0.2, -0.15) is 5.10 Å². The highest BCUT2D eigenvalue weighted by Crippen LogP contribution is 2.21. The summed E-state index contributed by atoms with van der Waals surface area (Å²) in [6.45, 7) is 1.85. The number of hydrogen-bond donors (Lipinski definition) is 2. The van der Waals surface area contributed by atoms with E-state index in [-0.39, 0.29) is 22.4 Å². The number of benzene rings is 2. The van der Waals surface area contributed by atoms with E-state index in [0.29, 0.717) is 11.5 Å². The number of carbonyl (C=O) groups is 1. The predicted molar refractivity (Wildman–Crippen MR) is 120 cm³/mol. The number of sulfonamides is 1. The minimum Gasteiger partial charge on any atom is -0.310 e. The van der Waals surface area contributed by atoms with Crippen molar-refractivity contribution in [2.24, 2.45) is 0 Å². The third kappa shape index (κ3) is 4.98. The van der Waals surface area contributed by atoms with Crippen LogP contribution in [0.5, 0.6) is 0 Å². The van der Waals surface area contributed by atoms with Crippen LogP contribution in [0.25, 0.3) is 5.69 Å². The standard InChI is InChI=1S/C21H19N5O3S2/c1-15-12-19(26(24-15)17-8-4-2-5-9-17)23-20(27)13-16-14-30-21(22-16)25-31(28,29)18-10-6-3-7-11-18/h2-12,14H,13H2,1H3,(H,22,25)(H,23,27). The number of aryl methyl sites for hydroxylation is 1. The Kier molecular flexibility index (Phi) is 5.83. The fourth-order valence-corrected chi connectivity index (χ4v) is 4.90. The molecule has 2 heterocycles. The molecule has 2 N–H and O–H groups in total. The average molecular weight is 454 g/mol. The van der Waals surface area contributed by atoms with Gasteiger partial charge in [0.15, 0.2) is 5.13 Å². The Bertz CT molecular complexity index is 1300. The van der Waals surface area contributed by atoms with Gasteiger partial charge in [0.25, 0.3) is 10.0 Å². The van der Waals surface area contributed by atoms with Crippen LogP contribution in [-0.4, -0.2) is 29.1 Å². The summed E-state index contributed by atoms with van der Waals surface area (Å²) in [7, 11) is -3.72. The molecule has 1 amide bonds. The number of anilines is 2. The maximum atomic E-state index is 12.6. The number of nitrogens with zero attached hydrogens (tertiary/aromatic N) is 3. The lowest BCUT2D eigenvalue weighted by atomic mass is 10.3. The molecule has 2 aromatic carbocycles. The van der Waals surface area contributed by atoms with Crippen molar-refractivity contribution < 1.29 is 13.2 Å². The molecular formula is C21H19N5O3S2. The molecule has 4 aromatic rings. The first-order valence-electron chi connectivity index (χ1n) is 9.35. The SMILES string of the molecule is Cc1cc(NC(=O)Cc2csc(NS(=O)(=O)c3ccccc3)n2)n(-c2ccccc2)n1. The lowest BCUT2D eigenvalue weighted by molar-refractivity contribution is -0.115. The number of thiazole rings is 1. The maximum absolute atomic E-state index is 12.6. The van der Waals surface area contributed by atoms with E-state index in [1.807, 2.05) is 37.3 Å². The van der Waals surface area contributed by atoms with Gasteiger partial charge in [0.1, 0.15) is 5.82 Å². The van der Waals surface area contributed by atoms with E-state index in [0.717, 1.165) is 22.7 Å². The molecule has 0 aliphatic heterocycles. The van der Waals surface area contributed by atoms with Gasteiger partial charge in [-0.05, 0) is 31.2 Å². The summed E-state index contributed by atoms with van der Waals surface area (Å²) in [6, 6.07) is 19.3. The maximum Gasteiger partial charge on any atom is 0.263 e. The van der Waals surface area contributed by atoms with Gasteiger partial charge in [-0.15, -0.1) is 11.3 Å². The summed E-state index contributed by atoms with van der Waals surface area (Å²) >= 11 is 1.12. The molecule has 158 valence electrons. The van der Waals surface area contributed by atoms with Crippen LogP contribution in [0.2, 0.25) is 0 Å². The summed E-state index contributed by atoms with van der Waals surface area (Å²) in [5, 5.41) is 9.14. The quantitative estimate of drug-likeness (QED) is 0.445. The van der Waals surface area contributed by atoms with Crippen molar-refractivity contribution in [2.75, 3.05) is 10.0 Å². The number of para-hydroxylation sites is 1. The third-order valence-corrected chi connectivity index (χ3v) is 6.56. The van der Waals surface area contributed by atoms with Crippen LogP contribution in [-0.2, 0) is 21.2 Å². The Morgan fingerprint density at radius 1 is 1.06 bits per heavy atom. The topological polar surface area (TPSA) is 106 Å². The van der Waals surface area contributed by atoms with Crippen molar-refractivity contribution in [3.8, 4) is 5.69 Å². The Morgan fingerprint density at radius 3 is 2.45 bits per heavy atom. The van der Waals surface area contributed by atoms with Crippen LogP contribution < -0.4 is 10.0 Å². The first-order chi connectivity index (χ1) is 14.9. The van der Waals surface area contributed by atoms with Gasteiger partial charge in [0, 0.05) is 11.4 Å². The number of aromatic nitrogens is 3. The number of nitrogens with one attached hydrogen (secondary N) is 2. The van der Waals surface area contributed by atoms with E-state index in [1.54, 1.807) is 34.3 Å². The lowest BCUT2D eigenvalue weighted by Gasteiger charge is -2.08. The van der Waals surface area contributed by atoms with E-state index in [1.165, 1.54) is 12.1 Å². The Balaban J connectivity index is 1.44. The van der Waals surface area contributed by atoms with Crippen molar-refractivity contribution >= 4 is 38.2 Å². The molecule has 0 bridgehead atoms. The highest BCUT2D eigenvalue weighted by atomic mass is 32.2. The van der Waals surface area contributed by atoms with Crippen molar-refractivity contribution in [1.82, 2.24) is 14.8 Å². The van der Waals surface area contributed by atoms with Gasteiger partial charge in [-0.3, -0.25) is 9.52 Å². The van der Waals surface area contributed by atoms with Gasteiger partial charge in [-0.1, -0.05) is 36.4 Å². The van der Waals surface area contributed by atoms with Crippen LogP contribution in [0.15, 0.2) is 77.0 Å². The molecule has 0 radical (unpaired) electrons. The third-order valence-electron chi connectivity index (χ3n) is 4.27. The molecule has 8 nitrogen and oxygen atoms in total. The summed E-state index contributed by atoms with van der Waals surface area (Å²) < 4.78 is 28.9. The largest absolute Gasteiger partial charge is 0.310 e. The Labute approximate surface area is 183 Å². The minimum atomic E-state index is -3.72. The number of rotatable bonds is 7. The molecule has 4 rings (SSSR count). The molecule has 10 heteroatoms. The zero-order chi connectivity index (χ0) is 21.8. The zero-order valence-corrected chi connectivity index (χ0v) is 18.2. The van der Waals surface area contributed by atoms with E-state index < -0.39 is 10.0 Å². The van der Waals surface area contributed by atoms with Gasteiger partial charge in [0.2, 0.25) is 5.91 Å². The molecule has 2 aromatic heterocycles. The fraction of sp³-hybridized carbons (Fsp3) is 0.0952. The molecule has 0 aliphatic carbocycles. The summed E-state index contributed by atoms with van der Waals surface area (Å²) in [5.41, 5.74) is 2.07. The van der Waals surface area contributed by atoms with Gasteiger partial charge >= 0.3 is 0 Å². The van der Waals surface area contributed by atoms with Gasteiger partial charge in [-0.25, -0.2) is 18.1 Å². The van der Waals surface area contributed by atoms with Crippen LogP contribution in [0, 0.1) is 6.92 Å². The Morgan fingerprint density at radius 2 is 1.74 bits per heavy atom. The summed E-state index contributed by atoms with van der Waals surface area (Å²) in [5.74, 6) is 0.272. The van der Waals surface area contributed by atoms with E-state index in [4.69, 9.17) is 0 Å². The highest BCUT2D eigenvalue weighted by Gasteiger charge is 2.17. The second-order valence-corrected chi connectivity index (χ2v) is 9.25. The molecule has 0 fully saturated rings. The monoisotopic (exact) mass is 453 g/mol. The normalized spacial score (nSPS) is 11.3. The lowest BCUT2D eigenvalue weighted by Crippen LogP contribution is -2.17. The average Bonchev–Trinajstić information content (AvgIpc) is 3.34. The van der Waals surface area contributed by atoms with E-state index in [9.17, 15) is 13.2 Å². The van der Waals surface area contributed by atoms with Gasteiger partial charge < -0.3 is 5.32 Å². The second-order valence-electron chi connectivity index (χ2n) is 6.71. The van der Waals surface area contributed by atoms with Crippen molar-refractivity contribution in [3.63, 3.8) is 0 Å². The van der Waals surface area contributed by atoms with Crippen LogP contribution in [0.4, 0.5) is 10.9 Å². The van der Waals surface area contributed by atoms with Crippen LogP contribution in [0.1, 0.15) is 11.4 Å². The fourth-order valence-electron chi connectivity index (χ4n) is 2.91. The highest BCUT2D eigenvalue weighted by molar-refractivity contribution is 7.93. The van der Waals surface area contributed by atoms with E-state index in [2.05, 4.69) is 20.1 Å². The minimum absolute atomic E-state index is 0.00256. The van der Waals surface area contributed by atoms with Crippen molar-refractivity contribution in [1.29, 1.82) is 0 Å². The first kappa shape index (κ1) is 20.8. The second kappa shape index (κ2) is 8.70. The van der Waals surface area contributed by atoms with Crippen LogP contribution >= 0.6 is 11.3 Å². The number of amides is 1. The molecule has 0 aliphatic rings. The summed E-state index contributed by atoms with van der Waals surface area (Å²) in [6.07, 6.45) is 0.00256. The smallest absolute Gasteiger partial charge is 0.263 e. The molecule has 0 spiro atoms. The van der Waals surface area contributed by atoms with Gasteiger partial charge in [0.05, 0.1) is 28.4 Å². The molecular weight excluding hydrogens is 434 g/mol. The molecule has 0 atom stereocenters. The molecule has 0 saturated carbocycles. The Hall–Kier alpha value is -3.50.